The number of aliphatic imine (C=N–C) groups is 1. The van der Waals surface area contributed by atoms with Gasteiger partial charge in [-0.05, 0) is 35.9 Å². The Morgan fingerprint density at radius 2 is 1.70 bits per heavy atom. The van der Waals surface area contributed by atoms with E-state index in [1.54, 1.807) is 19.2 Å². The third-order valence-corrected chi connectivity index (χ3v) is 4.05. The molecule has 0 bridgehead atoms. The predicted molar refractivity (Wildman–Crippen MR) is 104 cm³/mol. The molecule has 3 N–H and O–H groups in total. The van der Waals surface area contributed by atoms with Gasteiger partial charge in [0.2, 0.25) is 5.91 Å². The van der Waals surface area contributed by atoms with Crippen LogP contribution in [0, 0.1) is 11.6 Å². The van der Waals surface area contributed by atoms with Crippen molar-refractivity contribution in [3.63, 3.8) is 0 Å². The average Bonchev–Trinajstić information content (AvgIpc) is 2.62. The first-order valence-electron chi connectivity index (χ1n) is 8.56. The van der Waals surface area contributed by atoms with Crippen LogP contribution in [0.5, 0.6) is 0 Å². The van der Waals surface area contributed by atoms with Gasteiger partial charge < -0.3 is 16.0 Å². The molecule has 0 aromatic heterocycles. The van der Waals surface area contributed by atoms with Gasteiger partial charge in [-0.1, -0.05) is 32.0 Å². The molecule has 27 heavy (non-hydrogen) atoms. The Bertz CT molecular complexity index is 821. The Morgan fingerprint density at radius 1 is 1.04 bits per heavy atom. The molecule has 0 aliphatic carbocycles. The second-order valence-electron chi connectivity index (χ2n) is 6.73. The van der Waals surface area contributed by atoms with Crippen molar-refractivity contribution in [1.82, 2.24) is 10.6 Å². The van der Waals surface area contributed by atoms with E-state index in [0.717, 1.165) is 5.56 Å². The molecule has 1 amide bonds. The number of carbonyl (C=O) groups is 1. The van der Waals surface area contributed by atoms with Crippen molar-refractivity contribution in [2.24, 2.45) is 4.99 Å². The Kier molecular flexibility index (Phi) is 6.87. The van der Waals surface area contributed by atoms with Crippen LogP contribution in [0.15, 0.2) is 53.5 Å². The molecule has 2 aromatic carbocycles. The highest BCUT2D eigenvalue weighted by atomic mass is 19.1. The smallest absolute Gasteiger partial charge is 0.243 e. The molecule has 2 aromatic rings. The summed E-state index contributed by atoms with van der Waals surface area (Å²) in [6.45, 7) is 4.43. The van der Waals surface area contributed by atoms with E-state index >= 15 is 0 Å². The Hall–Kier alpha value is -2.96. The lowest BCUT2D eigenvalue weighted by Gasteiger charge is -2.26. The minimum Gasteiger partial charge on any atom is -0.356 e. The van der Waals surface area contributed by atoms with Crippen LogP contribution in [0.1, 0.15) is 19.4 Å². The van der Waals surface area contributed by atoms with Crippen molar-refractivity contribution in [3.05, 3.63) is 65.7 Å². The maximum Gasteiger partial charge on any atom is 0.243 e. The molecule has 0 aliphatic rings. The fourth-order valence-corrected chi connectivity index (χ4v) is 2.47. The first-order chi connectivity index (χ1) is 12.8. The molecule has 0 saturated heterocycles. The number of carbonyl (C=O) groups excluding carboxylic acids is 1. The number of nitrogens with one attached hydrogen (secondary N) is 3. The molecule has 0 heterocycles. The van der Waals surface area contributed by atoms with Crippen LogP contribution in [0.4, 0.5) is 14.5 Å². The number of halogens is 2. The van der Waals surface area contributed by atoms with Crippen molar-refractivity contribution in [1.29, 1.82) is 0 Å². The topological polar surface area (TPSA) is 65.5 Å². The Balaban J connectivity index is 1.85. The van der Waals surface area contributed by atoms with Crippen LogP contribution in [-0.4, -0.2) is 32.0 Å². The van der Waals surface area contributed by atoms with Crippen molar-refractivity contribution in [2.75, 3.05) is 25.5 Å². The fourth-order valence-electron chi connectivity index (χ4n) is 2.47. The van der Waals surface area contributed by atoms with E-state index in [9.17, 15) is 13.6 Å². The normalized spacial score (nSPS) is 11.8. The van der Waals surface area contributed by atoms with Gasteiger partial charge in [0.05, 0.1) is 6.54 Å². The minimum atomic E-state index is -0.419. The number of rotatable bonds is 6. The van der Waals surface area contributed by atoms with E-state index in [1.807, 2.05) is 19.9 Å². The minimum absolute atomic E-state index is 0.0312. The van der Waals surface area contributed by atoms with Gasteiger partial charge in [-0.15, -0.1) is 0 Å². The number of nitrogens with zero attached hydrogens (tertiary/aromatic N) is 1. The predicted octanol–water partition coefficient (Wildman–Crippen LogP) is 3.05. The lowest BCUT2D eigenvalue weighted by molar-refractivity contribution is -0.115. The number of guanidine groups is 1. The molecular formula is C20H24F2N4O. The summed E-state index contributed by atoms with van der Waals surface area (Å²) >= 11 is 0. The van der Waals surface area contributed by atoms with Gasteiger partial charge in [0.1, 0.15) is 11.6 Å². The summed E-state index contributed by atoms with van der Waals surface area (Å²) in [4.78, 5) is 16.1. The third-order valence-electron chi connectivity index (χ3n) is 4.05. The van der Waals surface area contributed by atoms with Gasteiger partial charge in [0.15, 0.2) is 5.96 Å². The number of amides is 1. The van der Waals surface area contributed by atoms with Crippen molar-refractivity contribution >= 4 is 17.6 Å². The van der Waals surface area contributed by atoms with Crippen LogP contribution in [-0.2, 0) is 10.2 Å². The van der Waals surface area contributed by atoms with Crippen LogP contribution in [0.25, 0.3) is 0 Å². The van der Waals surface area contributed by atoms with Gasteiger partial charge in [0.25, 0.3) is 0 Å². The second-order valence-corrected chi connectivity index (χ2v) is 6.73. The molecule has 7 heteroatoms. The van der Waals surface area contributed by atoms with Gasteiger partial charge in [-0.3, -0.25) is 9.79 Å². The molecule has 0 fully saturated rings. The van der Waals surface area contributed by atoms with Gasteiger partial charge in [-0.2, -0.15) is 0 Å². The first kappa shape index (κ1) is 20.4. The van der Waals surface area contributed by atoms with E-state index in [4.69, 9.17) is 0 Å². The van der Waals surface area contributed by atoms with E-state index in [-0.39, 0.29) is 23.7 Å². The van der Waals surface area contributed by atoms with Crippen LogP contribution in [0.3, 0.4) is 0 Å². The number of hydrogen-bond donors (Lipinski definition) is 3. The molecule has 0 unspecified atom stereocenters. The van der Waals surface area contributed by atoms with Crippen molar-refractivity contribution < 1.29 is 13.6 Å². The SMILES string of the molecule is CN=C(NCC(=O)Nc1cccc(F)c1)NCC(C)(C)c1cccc(F)c1. The third kappa shape index (κ3) is 6.36. The molecule has 5 nitrogen and oxygen atoms in total. The number of benzene rings is 2. The van der Waals surface area contributed by atoms with Crippen molar-refractivity contribution in [3.8, 4) is 0 Å². The largest absolute Gasteiger partial charge is 0.356 e. The Morgan fingerprint density at radius 3 is 2.33 bits per heavy atom. The summed E-state index contributed by atoms with van der Waals surface area (Å²) in [5.41, 5.74) is 0.898. The van der Waals surface area contributed by atoms with Crippen LogP contribution >= 0.6 is 0 Å². The van der Waals surface area contributed by atoms with E-state index in [1.165, 1.54) is 30.3 Å². The molecule has 0 saturated carbocycles. The lowest BCUT2D eigenvalue weighted by atomic mass is 9.84. The van der Waals surface area contributed by atoms with E-state index in [0.29, 0.717) is 18.2 Å². The standard InChI is InChI=1S/C20H24F2N4O/c1-20(2,14-6-4-7-15(21)10-14)13-25-19(23-3)24-12-18(27)26-17-9-5-8-16(22)11-17/h4-11H,12-13H2,1-3H3,(H,26,27)(H2,23,24,25). The molecule has 144 valence electrons. The summed E-state index contributed by atoms with van der Waals surface area (Å²) in [5, 5.41) is 8.63. The lowest BCUT2D eigenvalue weighted by Crippen LogP contribution is -2.45. The quantitative estimate of drug-likeness (QED) is 0.538. The zero-order valence-corrected chi connectivity index (χ0v) is 15.6. The molecule has 0 atom stereocenters. The second kappa shape index (κ2) is 9.12. The monoisotopic (exact) mass is 374 g/mol. The van der Waals surface area contributed by atoms with Crippen LogP contribution in [0.2, 0.25) is 0 Å². The molecule has 0 spiro atoms. The fraction of sp³-hybridized carbons (Fsp3) is 0.300. The maximum absolute atomic E-state index is 13.5. The summed E-state index contributed by atoms with van der Waals surface area (Å²) < 4.78 is 26.6. The Labute approximate surface area is 157 Å². The van der Waals surface area contributed by atoms with Gasteiger partial charge in [-0.25, -0.2) is 8.78 Å². The molecule has 0 radical (unpaired) electrons. The molecule has 2 rings (SSSR count). The number of anilines is 1. The van der Waals surface area contributed by atoms with Crippen LogP contribution < -0.4 is 16.0 Å². The summed E-state index contributed by atoms with van der Waals surface area (Å²) in [6, 6.07) is 12.1. The summed E-state index contributed by atoms with van der Waals surface area (Å²) in [6.07, 6.45) is 0. The average molecular weight is 374 g/mol. The molecule has 0 aliphatic heterocycles. The van der Waals surface area contributed by atoms with Gasteiger partial charge >= 0.3 is 0 Å². The maximum atomic E-state index is 13.5. The molecular weight excluding hydrogens is 350 g/mol. The summed E-state index contributed by atoms with van der Waals surface area (Å²) in [7, 11) is 1.59. The van der Waals surface area contributed by atoms with Gasteiger partial charge in [0, 0.05) is 24.7 Å². The zero-order valence-electron chi connectivity index (χ0n) is 15.6. The van der Waals surface area contributed by atoms with Crippen molar-refractivity contribution in [2.45, 2.75) is 19.3 Å². The van der Waals surface area contributed by atoms with E-state index in [2.05, 4.69) is 20.9 Å². The zero-order chi connectivity index (χ0) is 19.9. The highest BCUT2D eigenvalue weighted by Crippen LogP contribution is 2.22. The summed E-state index contributed by atoms with van der Waals surface area (Å²) in [5.74, 6) is -0.586. The van der Waals surface area contributed by atoms with E-state index < -0.39 is 5.82 Å². The highest BCUT2D eigenvalue weighted by Gasteiger charge is 2.21. The number of hydrogen-bond acceptors (Lipinski definition) is 2. The highest BCUT2D eigenvalue weighted by molar-refractivity contribution is 5.94. The first-order valence-corrected chi connectivity index (χ1v) is 8.56.